The summed E-state index contributed by atoms with van der Waals surface area (Å²) >= 11 is 0. The summed E-state index contributed by atoms with van der Waals surface area (Å²) in [5.41, 5.74) is 1.65. The highest BCUT2D eigenvalue weighted by molar-refractivity contribution is 5.64. The molecule has 0 N–H and O–H groups in total. The van der Waals surface area contributed by atoms with Crippen LogP contribution in [0.4, 0.5) is 10.5 Å². The number of aromatic nitrogens is 2. The van der Waals surface area contributed by atoms with E-state index in [2.05, 4.69) is 24.0 Å². The highest BCUT2D eigenvalue weighted by Gasteiger charge is 2.23. The average Bonchev–Trinajstić information content (AvgIpc) is 3.01. The molecule has 1 aliphatic rings. The molecule has 0 saturated carbocycles. The summed E-state index contributed by atoms with van der Waals surface area (Å²) in [7, 11) is 2.05. The van der Waals surface area contributed by atoms with Crippen LogP contribution in [0.1, 0.15) is 24.4 Å². The molecule has 0 fully saturated rings. The number of ether oxygens (including phenoxy) is 2. The van der Waals surface area contributed by atoms with E-state index in [1.165, 1.54) is 24.3 Å². The van der Waals surface area contributed by atoms with Gasteiger partial charge in [-0.05, 0) is 32.2 Å². The molecule has 1 aromatic heterocycles. The van der Waals surface area contributed by atoms with Crippen molar-refractivity contribution in [2.24, 2.45) is 0 Å². The van der Waals surface area contributed by atoms with E-state index in [1.807, 2.05) is 10.7 Å². The van der Waals surface area contributed by atoms with Crippen LogP contribution in [0.2, 0.25) is 0 Å². The predicted molar refractivity (Wildman–Crippen MR) is 87.2 cm³/mol. The van der Waals surface area contributed by atoms with Crippen LogP contribution >= 0.6 is 0 Å². The smallest absolute Gasteiger partial charge is 0.427 e. The SMILES string of the molecule is CC1c2cc(COC(=O)Oc3ccc([N+](=O)[O-])cc3)nn2CCN1C. The Morgan fingerprint density at radius 2 is 2.08 bits per heavy atom. The molecule has 9 nitrogen and oxygen atoms in total. The van der Waals surface area contributed by atoms with Gasteiger partial charge in [-0.15, -0.1) is 0 Å². The predicted octanol–water partition coefficient (Wildman–Crippen LogP) is 2.51. The minimum absolute atomic E-state index is 0.00223. The molecule has 0 saturated heterocycles. The third-order valence-electron chi connectivity index (χ3n) is 4.20. The molecule has 1 unspecified atom stereocenters. The number of fused-ring (bicyclic) bond motifs is 1. The fourth-order valence-corrected chi connectivity index (χ4v) is 2.64. The van der Waals surface area contributed by atoms with Gasteiger partial charge in [-0.2, -0.15) is 5.10 Å². The second-order valence-electron chi connectivity index (χ2n) is 5.83. The lowest BCUT2D eigenvalue weighted by Gasteiger charge is -2.30. The van der Waals surface area contributed by atoms with Gasteiger partial charge in [-0.3, -0.25) is 19.7 Å². The monoisotopic (exact) mass is 346 g/mol. The molecule has 2 aromatic rings. The van der Waals surface area contributed by atoms with Crippen LogP contribution in [0.5, 0.6) is 5.75 Å². The quantitative estimate of drug-likeness (QED) is 0.363. The first-order valence-electron chi connectivity index (χ1n) is 7.80. The zero-order valence-corrected chi connectivity index (χ0v) is 13.9. The van der Waals surface area contributed by atoms with Crippen LogP contribution in [0.3, 0.4) is 0 Å². The Kier molecular flexibility index (Phi) is 4.66. The van der Waals surface area contributed by atoms with Gasteiger partial charge in [0.1, 0.15) is 18.1 Å². The Hall–Kier alpha value is -2.94. The van der Waals surface area contributed by atoms with Gasteiger partial charge >= 0.3 is 6.16 Å². The molecule has 3 rings (SSSR count). The lowest BCUT2D eigenvalue weighted by atomic mass is 10.1. The minimum atomic E-state index is -0.884. The first-order chi connectivity index (χ1) is 11.9. The number of hydrogen-bond acceptors (Lipinski definition) is 7. The van der Waals surface area contributed by atoms with E-state index < -0.39 is 11.1 Å². The Morgan fingerprint density at radius 1 is 1.36 bits per heavy atom. The van der Waals surface area contributed by atoms with Gasteiger partial charge < -0.3 is 9.47 Å². The maximum atomic E-state index is 11.7. The van der Waals surface area contributed by atoms with Gasteiger partial charge in [0.15, 0.2) is 0 Å². The molecule has 132 valence electrons. The Balaban J connectivity index is 1.56. The summed E-state index contributed by atoms with van der Waals surface area (Å²) in [6, 6.07) is 7.35. The molecular formula is C16H18N4O5. The third-order valence-corrected chi connectivity index (χ3v) is 4.20. The molecule has 1 aliphatic heterocycles. The van der Waals surface area contributed by atoms with Gasteiger partial charge in [-0.25, -0.2) is 4.79 Å². The van der Waals surface area contributed by atoms with Gasteiger partial charge in [0.05, 0.1) is 17.2 Å². The highest BCUT2D eigenvalue weighted by atomic mass is 16.7. The van der Waals surface area contributed by atoms with Crippen molar-refractivity contribution in [3.63, 3.8) is 0 Å². The zero-order valence-electron chi connectivity index (χ0n) is 13.9. The number of nitro groups is 1. The van der Waals surface area contributed by atoms with Crippen LogP contribution in [0, 0.1) is 10.1 Å². The number of nitro benzene ring substituents is 1. The van der Waals surface area contributed by atoms with Crippen molar-refractivity contribution in [2.75, 3.05) is 13.6 Å². The third kappa shape index (κ3) is 3.77. The fraction of sp³-hybridized carbons (Fsp3) is 0.375. The zero-order chi connectivity index (χ0) is 18.0. The summed E-state index contributed by atoms with van der Waals surface area (Å²) in [5, 5.41) is 15.0. The summed E-state index contributed by atoms with van der Waals surface area (Å²) in [5.74, 6) is 0.176. The number of nitrogens with zero attached hydrogens (tertiary/aromatic N) is 4. The summed E-state index contributed by atoms with van der Waals surface area (Å²) < 4.78 is 12.0. The van der Waals surface area contributed by atoms with Crippen LogP contribution in [0.25, 0.3) is 0 Å². The van der Waals surface area contributed by atoms with Crippen LogP contribution in [-0.2, 0) is 17.9 Å². The Morgan fingerprint density at radius 3 is 2.76 bits per heavy atom. The van der Waals surface area contributed by atoms with Crippen LogP contribution in [-0.4, -0.2) is 39.4 Å². The van der Waals surface area contributed by atoms with Crippen molar-refractivity contribution in [3.8, 4) is 5.75 Å². The van der Waals surface area contributed by atoms with Crippen molar-refractivity contribution < 1.29 is 19.2 Å². The first kappa shape index (κ1) is 16.9. The molecule has 9 heteroatoms. The summed E-state index contributed by atoms with van der Waals surface area (Å²) in [6.07, 6.45) is -0.884. The summed E-state index contributed by atoms with van der Waals surface area (Å²) in [6.45, 7) is 3.81. The molecule has 25 heavy (non-hydrogen) atoms. The molecule has 1 atom stereocenters. The number of carbonyl (C=O) groups excluding carboxylic acids is 1. The van der Waals surface area contributed by atoms with Gasteiger partial charge in [0, 0.05) is 24.7 Å². The Labute approximate surface area is 143 Å². The number of non-ortho nitro benzene ring substituents is 1. The number of carbonyl (C=O) groups is 1. The van der Waals surface area contributed by atoms with Crippen molar-refractivity contribution in [3.05, 3.63) is 51.8 Å². The van der Waals surface area contributed by atoms with E-state index >= 15 is 0 Å². The number of hydrogen-bond donors (Lipinski definition) is 0. The van der Waals surface area contributed by atoms with Crippen LogP contribution < -0.4 is 4.74 Å². The van der Waals surface area contributed by atoms with E-state index in [9.17, 15) is 14.9 Å². The topological polar surface area (TPSA) is 99.7 Å². The standard InChI is InChI=1S/C16H18N4O5/c1-11-15-9-12(17-19(15)8-7-18(11)2)10-24-16(21)25-14-5-3-13(4-6-14)20(22)23/h3-6,9,11H,7-8,10H2,1-2H3. The first-order valence-corrected chi connectivity index (χ1v) is 7.80. The fourth-order valence-electron chi connectivity index (χ4n) is 2.64. The highest BCUT2D eigenvalue weighted by Crippen LogP contribution is 2.24. The second kappa shape index (κ2) is 6.89. The van der Waals surface area contributed by atoms with Crippen molar-refractivity contribution >= 4 is 11.8 Å². The van der Waals surface area contributed by atoms with E-state index in [0.29, 0.717) is 5.69 Å². The number of rotatable bonds is 4. The minimum Gasteiger partial charge on any atom is -0.427 e. The average molecular weight is 346 g/mol. The van der Waals surface area contributed by atoms with E-state index in [4.69, 9.17) is 9.47 Å². The molecule has 1 aromatic carbocycles. The molecule has 0 spiro atoms. The lowest BCUT2D eigenvalue weighted by molar-refractivity contribution is -0.384. The van der Waals surface area contributed by atoms with Crippen molar-refractivity contribution in [1.82, 2.24) is 14.7 Å². The molecule has 0 aliphatic carbocycles. The van der Waals surface area contributed by atoms with Gasteiger partial charge in [0.25, 0.3) is 5.69 Å². The molecular weight excluding hydrogens is 328 g/mol. The van der Waals surface area contributed by atoms with E-state index in [1.54, 1.807) is 0 Å². The second-order valence-corrected chi connectivity index (χ2v) is 5.83. The molecule has 0 amide bonds. The lowest BCUT2D eigenvalue weighted by Crippen LogP contribution is -2.33. The van der Waals surface area contributed by atoms with Crippen molar-refractivity contribution in [1.29, 1.82) is 0 Å². The maximum absolute atomic E-state index is 11.7. The summed E-state index contributed by atoms with van der Waals surface area (Å²) in [4.78, 5) is 24.0. The molecule has 0 radical (unpaired) electrons. The van der Waals surface area contributed by atoms with Gasteiger partial charge in [0.2, 0.25) is 0 Å². The molecule has 0 bridgehead atoms. The number of likely N-dealkylation sites (N-methyl/N-ethyl adjacent to an activating group) is 1. The van der Waals surface area contributed by atoms with E-state index in [0.717, 1.165) is 18.8 Å². The number of benzene rings is 1. The Bertz CT molecular complexity index is 786. The molecule has 2 heterocycles. The van der Waals surface area contributed by atoms with E-state index in [-0.39, 0.29) is 24.1 Å². The van der Waals surface area contributed by atoms with Crippen LogP contribution in [0.15, 0.2) is 30.3 Å². The normalized spacial score (nSPS) is 17.0. The van der Waals surface area contributed by atoms with Gasteiger partial charge in [-0.1, -0.05) is 0 Å². The maximum Gasteiger partial charge on any atom is 0.514 e. The van der Waals surface area contributed by atoms with Crippen molar-refractivity contribution in [2.45, 2.75) is 26.1 Å². The largest absolute Gasteiger partial charge is 0.514 e.